The van der Waals surface area contributed by atoms with Gasteiger partial charge < -0.3 is 9.84 Å². The van der Waals surface area contributed by atoms with Crippen LogP contribution in [0, 0.1) is 6.92 Å². The van der Waals surface area contributed by atoms with Crippen molar-refractivity contribution in [2.45, 2.75) is 38.8 Å². The van der Waals surface area contributed by atoms with Crippen molar-refractivity contribution in [3.8, 4) is 5.75 Å². The van der Waals surface area contributed by atoms with E-state index in [0.717, 1.165) is 11.4 Å². The van der Waals surface area contributed by atoms with Gasteiger partial charge in [0.1, 0.15) is 18.1 Å². The molecule has 0 saturated heterocycles. The summed E-state index contributed by atoms with van der Waals surface area (Å²) in [6, 6.07) is 8.00. The topological polar surface area (TPSA) is 60.2 Å². The van der Waals surface area contributed by atoms with Crippen molar-refractivity contribution in [2.75, 3.05) is 6.61 Å². The zero-order valence-corrected chi connectivity index (χ0v) is 11.6. The SMILES string of the molecule is Cc1cccc(OCCn2nnc(CO)c2C2CC2)c1. The molecule has 1 heterocycles. The summed E-state index contributed by atoms with van der Waals surface area (Å²) >= 11 is 0. The van der Waals surface area contributed by atoms with Crippen LogP contribution >= 0.6 is 0 Å². The van der Waals surface area contributed by atoms with Crippen LogP contribution < -0.4 is 4.74 Å². The van der Waals surface area contributed by atoms with Gasteiger partial charge in [-0.2, -0.15) is 0 Å². The van der Waals surface area contributed by atoms with E-state index in [0.29, 0.717) is 24.8 Å². The first-order chi connectivity index (χ1) is 9.78. The molecule has 0 atom stereocenters. The molecule has 5 heteroatoms. The van der Waals surface area contributed by atoms with Crippen molar-refractivity contribution in [1.29, 1.82) is 0 Å². The Morgan fingerprint density at radius 3 is 2.95 bits per heavy atom. The average molecular weight is 273 g/mol. The van der Waals surface area contributed by atoms with Gasteiger partial charge in [0.15, 0.2) is 0 Å². The number of rotatable bonds is 6. The van der Waals surface area contributed by atoms with Crippen LogP contribution in [-0.4, -0.2) is 26.7 Å². The maximum atomic E-state index is 9.30. The molecule has 0 radical (unpaired) electrons. The molecular weight excluding hydrogens is 254 g/mol. The highest BCUT2D eigenvalue weighted by Gasteiger charge is 2.30. The second kappa shape index (κ2) is 5.63. The lowest BCUT2D eigenvalue weighted by Crippen LogP contribution is -2.12. The van der Waals surface area contributed by atoms with E-state index < -0.39 is 0 Å². The molecule has 0 spiro atoms. The van der Waals surface area contributed by atoms with Crippen molar-refractivity contribution in [3.05, 3.63) is 41.2 Å². The van der Waals surface area contributed by atoms with Crippen molar-refractivity contribution >= 4 is 0 Å². The molecule has 1 aromatic heterocycles. The summed E-state index contributed by atoms with van der Waals surface area (Å²) in [6.07, 6.45) is 2.33. The molecule has 5 nitrogen and oxygen atoms in total. The zero-order valence-electron chi connectivity index (χ0n) is 11.6. The van der Waals surface area contributed by atoms with Gasteiger partial charge in [-0.15, -0.1) is 5.10 Å². The van der Waals surface area contributed by atoms with E-state index in [-0.39, 0.29) is 6.61 Å². The maximum absolute atomic E-state index is 9.30. The third-order valence-electron chi connectivity index (χ3n) is 3.52. The molecule has 0 bridgehead atoms. The molecule has 106 valence electrons. The second-order valence-electron chi connectivity index (χ2n) is 5.24. The van der Waals surface area contributed by atoms with Gasteiger partial charge in [0, 0.05) is 5.92 Å². The molecule has 1 fully saturated rings. The summed E-state index contributed by atoms with van der Waals surface area (Å²) in [7, 11) is 0. The van der Waals surface area contributed by atoms with E-state index in [1.165, 1.54) is 18.4 Å². The second-order valence-corrected chi connectivity index (χ2v) is 5.24. The molecule has 3 rings (SSSR count). The minimum Gasteiger partial charge on any atom is -0.492 e. The lowest BCUT2D eigenvalue weighted by molar-refractivity contribution is 0.274. The minimum atomic E-state index is -0.0371. The summed E-state index contributed by atoms with van der Waals surface area (Å²) in [4.78, 5) is 0. The number of hydrogen-bond donors (Lipinski definition) is 1. The van der Waals surface area contributed by atoms with Crippen LogP contribution in [0.4, 0.5) is 0 Å². The van der Waals surface area contributed by atoms with Crippen molar-refractivity contribution in [3.63, 3.8) is 0 Å². The molecule has 1 saturated carbocycles. The first kappa shape index (κ1) is 13.1. The highest BCUT2D eigenvalue weighted by atomic mass is 16.5. The third-order valence-corrected chi connectivity index (χ3v) is 3.52. The molecule has 0 unspecified atom stereocenters. The van der Waals surface area contributed by atoms with Gasteiger partial charge in [-0.25, -0.2) is 4.68 Å². The van der Waals surface area contributed by atoms with Crippen LogP contribution in [0.15, 0.2) is 24.3 Å². The number of nitrogens with zero attached hydrogens (tertiary/aromatic N) is 3. The Hall–Kier alpha value is -1.88. The predicted molar refractivity (Wildman–Crippen MR) is 74.6 cm³/mol. The minimum absolute atomic E-state index is 0.0371. The fourth-order valence-electron chi connectivity index (χ4n) is 2.39. The van der Waals surface area contributed by atoms with Gasteiger partial charge in [-0.3, -0.25) is 0 Å². The van der Waals surface area contributed by atoms with Crippen molar-refractivity contribution < 1.29 is 9.84 Å². The standard InChI is InChI=1S/C15H19N3O2/c1-11-3-2-4-13(9-11)20-8-7-18-15(12-5-6-12)14(10-19)16-17-18/h2-4,9,12,19H,5-8,10H2,1H3. The largest absolute Gasteiger partial charge is 0.492 e. The molecule has 1 aromatic carbocycles. The number of hydrogen-bond acceptors (Lipinski definition) is 4. The van der Waals surface area contributed by atoms with Crippen LogP contribution in [-0.2, 0) is 13.2 Å². The Kier molecular flexibility index (Phi) is 3.69. The van der Waals surface area contributed by atoms with Crippen molar-refractivity contribution in [2.24, 2.45) is 0 Å². The average Bonchev–Trinajstić information content (AvgIpc) is 3.20. The number of aromatic nitrogens is 3. The molecule has 20 heavy (non-hydrogen) atoms. The summed E-state index contributed by atoms with van der Waals surface area (Å²) < 4.78 is 7.61. The van der Waals surface area contributed by atoms with E-state index in [4.69, 9.17) is 4.74 Å². The maximum Gasteiger partial charge on any atom is 0.119 e. The predicted octanol–water partition coefficient (Wildman–Crippen LogP) is 2.04. The van der Waals surface area contributed by atoms with Crippen LogP contribution in [0.25, 0.3) is 0 Å². The van der Waals surface area contributed by atoms with E-state index in [1.54, 1.807) is 0 Å². The molecule has 1 aliphatic carbocycles. The van der Waals surface area contributed by atoms with Gasteiger partial charge in [0.05, 0.1) is 18.8 Å². The number of ether oxygens (including phenoxy) is 1. The fraction of sp³-hybridized carbons (Fsp3) is 0.467. The number of aliphatic hydroxyl groups excluding tert-OH is 1. The summed E-state index contributed by atoms with van der Waals surface area (Å²) in [6.45, 7) is 3.22. The van der Waals surface area contributed by atoms with Gasteiger partial charge in [0.2, 0.25) is 0 Å². The third kappa shape index (κ3) is 2.82. The fourth-order valence-corrected chi connectivity index (χ4v) is 2.39. The van der Waals surface area contributed by atoms with Gasteiger partial charge in [-0.05, 0) is 37.5 Å². The highest BCUT2D eigenvalue weighted by Crippen LogP contribution is 2.41. The Morgan fingerprint density at radius 1 is 1.40 bits per heavy atom. The quantitative estimate of drug-likeness (QED) is 0.875. The number of benzene rings is 1. The Balaban J connectivity index is 1.62. The molecule has 1 aliphatic rings. The first-order valence-electron chi connectivity index (χ1n) is 7.00. The molecule has 0 aliphatic heterocycles. The van der Waals surface area contributed by atoms with E-state index in [2.05, 4.69) is 10.3 Å². The van der Waals surface area contributed by atoms with E-state index in [1.807, 2.05) is 35.9 Å². The van der Waals surface area contributed by atoms with Gasteiger partial charge in [-0.1, -0.05) is 17.3 Å². The van der Waals surface area contributed by atoms with Crippen molar-refractivity contribution in [1.82, 2.24) is 15.0 Å². The molecule has 2 aromatic rings. The van der Waals surface area contributed by atoms with Crippen LogP contribution in [0.3, 0.4) is 0 Å². The van der Waals surface area contributed by atoms with Gasteiger partial charge >= 0.3 is 0 Å². The lowest BCUT2D eigenvalue weighted by atomic mass is 10.2. The number of aliphatic hydroxyl groups is 1. The van der Waals surface area contributed by atoms with Crippen LogP contribution in [0.1, 0.15) is 35.7 Å². The summed E-state index contributed by atoms with van der Waals surface area (Å²) in [5.41, 5.74) is 2.98. The Bertz CT molecular complexity index is 591. The van der Waals surface area contributed by atoms with Gasteiger partial charge in [0.25, 0.3) is 0 Å². The molecule has 0 amide bonds. The monoisotopic (exact) mass is 273 g/mol. The smallest absolute Gasteiger partial charge is 0.119 e. The van der Waals surface area contributed by atoms with Crippen LogP contribution in [0.5, 0.6) is 5.75 Å². The summed E-state index contributed by atoms with van der Waals surface area (Å²) in [5.74, 6) is 1.39. The Morgan fingerprint density at radius 2 is 2.25 bits per heavy atom. The van der Waals surface area contributed by atoms with E-state index >= 15 is 0 Å². The van der Waals surface area contributed by atoms with Crippen LogP contribution in [0.2, 0.25) is 0 Å². The van der Waals surface area contributed by atoms with E-state index in [9.17, 15) is 5.11 Å². The highest BCUT2D eigenvalue weighted by molar-refractivity contribution is 5.27. The zero-order chi connectivity index (χ0) is 13.9. The lowest BCUT2D eigenvalue weighted by Gasteiger charge is -2.09. The Labute approximate surface area is 118 Å². The summed E-state index contributed by atoms with van der Waals surface area (Å²) in [5, 5.41) is 17.5. The number of aryl methyl sites for hydroxylation is 1. The molecular formula is C15H19N3O2. The normalized spacial score (nSPS) is 14.5. The molecule has 1 N–H and O–H groups in total. The first-order valence-corrected chi connectivity index (χ1v) is 7.00.